The van der Waals surface area contributed by atoms with Crippen LogP contribution in [0.15, 0.2) is 66.2 Å². The largest absolute Gasteiger partial charge is 0.497 e. The molecule has 1 unspecified atom stereocenters. The second-order valence-electron chi connectivity index (χ2n) is 8.89. The second-order valence-corrected chi connectivity index (χ2v) is 8.89. The zero-order chi connectivity index (χ0) is 20.2. The first-order valence-electron chi connectivity index (χ1n) is 10.2. The number of ether oxygens (including phenoxy) is 1. The quantitative estimate of drug-likeness (QED) is 0.576. The van der Waals surface area contributed by atoms with Crippen molar-refractivity contribution in [1.29, 1.82) is 0 Å². The van der Waals surface area contributed by atoms with Gasteiger partial charge in [-0.3, -0.25) is 4.79 Å². The highest BCUT2D eigenvalue weighted by molar-refractivity contribution is 6.12. The van der Waals surface area contributed by atoms with Crippen LogP contribution < -0.4 is 10.1 Å². The third-order valence-corrected chi connectivity index (χ3v) is 6.20. The van der Waals surface area contributed by atoms with Crippen LogP contribution in [-0.4, -0.2) is 12.9 Å². The lowest BCUT2D eigenvalue weighted by atomic mass is 9.68. The van der Waals surface area contributed by atoms with Gasteiger partial charge in [0.2, 0.25) is 0 Å². The first-order valence-corrected chi connectivity index (χ1v) is 10.2. The van der Waals surface area contributed by atoms with Crippen LogP contribution in [0.25, 0.3) is 16.3 Å². The Labute approximate surface area is 171 Å². The monoisotopic (exact) mass is 383 g/mol. The molecule has 0 amide bonds. The van der Waals surface area contributed by atoms with E-state index in [-0.39, 0.29) is 17.2 Å². The van der Waals surface area contributed by atoms with E-state index in [0.29, 0.717) is 6.42 Å². The van der Waals surface area contributed by atoms with E-state index in [2.05, 4.69) is 67.7 Å². The number of nitrogens with one attached hydrogen (secondary N) is 1. The molecular weight excluding hydrogens is 358 g/mol. The lowest BCUT2D eigenvalue weighted by molar-refractivity contribution is -0.118. The Balaban J connectivity index is 1.75. The van der Waals surface area contributed by atoms with Crippen molar-refractivity contribution in [2.45, 2.75) is 32.7 Å². The SMILES string of the molecule is COc1ccc(C2Nc3c(ccc4ccccc34)C3=C2C(=O)CC(C)(C)C3)cc1. The molecule has 0 aromatic heterocycles. The number of fused-ring (bicyclic) bond motifs is 4. The number of hydrogen-bond donors (Lipinski definition) is 1. The number of carbonyl (C=O) groups is 1. The summed E-state index contributed by atoms with van der Waals surface area (Å²) in [5.41, 5.74) is 5.49. The van der Waals surface area contributed by atoms with Gasteiger partial charge in [0.15, 0.2) is 5.78 Å². The number of anilines is 1. The van der Waals surface area contributed by atoms with Crippen molar-refractivity contribution in [3.63, 3.8) is 0 Å². The molecule has 1 atom stereocenters. The highest BCUT2D eigenvalue weighted by atomic mass is 16.5. The van der Waals surface area contributed by atoms with Gasteiger partial charge in [0.25, 0.3) is 0 Å². The van der Waals surface area contributed by atoms with Gasteiger partial charge in [-0.2, -0.15) is 0 Å². The van der Waals surface area contributed by atoms with Crippen LogP contribution in [0, 0.1) is 5.41 Å². The van der Waals surface area contributed by atoms with Crippen molar-refractivity contribution in [2.75, 3.05) is 12.4 Å². The molecule has 0 radical (unpaired) electrons. The Morgan fingerprint density at radius 1 is 0.966 bits per heavy atom. The molecule has 146 valence electrons. The molecule has 0 bridgehead atoms. The summed E-state index contributed by atoms with van der Waals surface area (Å²) in [4.78, 5) is 13.3. The fourth-order valence-corrected chi connectivity index (χ4v) is 4.85. The molecule has 1 heterocycles. The zero-order valence-electron chi connectivity index (χ0n) is 17.1. The lowest BCUT2D eigenvalue weighted by Crippen LogP contribution is -2.33. The minimum Gasteiger partial charge on any atom is -0.497 e. The van der Waals surface area contributed by atoms with Crippen molar-refractivity contribution < 1.29 is 9.53 Å². The Bertz CT molecular complexity index is 1160. The second kappa shape index (κ2) is 6.48. The van der Waals surface area contributed by atoms with Gasteiger partial charge in [-0.15, -0.1) is 0 Å². The standard InChI is InChI=1S/C26H25NO2/c1-26(2)14-21-20-13-10-16-6-4-5-7-19(16)25(20)27-24(23(21)22(28)15-26)17-8-11-18(29-3)12-9-17/h4-13,24,27H,14-15H2,1-3H3. The van der Waals surface area contributed by atoms with E-state index >= 15 is 0 Å². The average molecular weight is 383 g/mol. The lowest BCUT2D eigenvalue weighted by Gasteiger charge is -2.40. The molecule has 1 aliphatic carbocycles. The highest BCUT2D eigenvalue weighted by Gasteiger charge is 2.40. The molecule has 3 aromatic carbocycles. The van der Waals surface area contributed by atoms with Gasteiger partial charge in [0.05, 0.1) is 18.8 Å². The summed E-state index contributed by atoms with van der Waals surface area (Å²) in [6.07, 6.45) is 1.50. The molecule has 0 spiro atoms. The molecule has 1 N–H and O–H groups in total. The molecule has 0 saturated heterocycles. The Hall–Kier alpha value is -3.07. The molecule has 3 heteroatoms. The maximum atomic E-state index is 13.3. The molecule has 0 fully saturated rings. The molecule has 3 nitrogen and oxygen atoms in total. The maximum absolute atomic E-state index is 13.3. The van der Waals surface area contributed by atoms with Crippen molar-refractivity contribution >= 4 is 27.8 Å². The third kappa shape index (κ3) is 2.93. The minimum absolute atomic E-state index is 0.0272. The summed E-state index contributed by atoms with van der Waals surface area (Å²) in [6.45, 7) is 4.39. The predicted molar refractivity (Wildman–Crippen MR) is 118 cm³/mol. The summed E-state index contributed by atoms with van der Waals surface area (Å²) in [6, 6.07) is 20.7. The molecule has 29 heavy (non-hydrogen) atoms. The summed E-state index contributed by atoms with van der Waals surface area (Å²) in [5, 5.41) is 6.14. The van der Waals surface area contributed by atoms with Crippen LogP contribution in [0.4, 0.5) is 5.69 Å². The molecule has 1 aliphatic heterocycles. The Kier molecular flexibility index (Phi) is 4.02. The van der Waals surface area contributed by atoms with E-state index < -0.39 is 0 Å². The van der Waals surface area contributed by atoms with Crippen LogP contribution in [-0.2, 0) is 4.79 Å². The first kappa shape index (κ1) is 18.0. The van der Waals surface area contributed by atoms with Crippen LogP contribution in [0.3, 0.4) is 0 Å². The number of benzene rings is 3. The predicted octanol–water partition coefficient (Wildman–Crippen LogP) is 6.16. The number of hydrogen-bond acceptors (Lipinski definition) is 3. The number of carbonyl (C=O) groups excluding carboxylic acids is 1. The fraction of sp³-hybridized carbons (Fsp3) is 0.269. The van der Waals surface area contributed by atoms with Crippen LogP contribution >= 0.6 is 0 Å². The van der Waals surface area contributed by atoms with Crippen molar-refractivity contribution in [3.05, 3.63) is 77.4 Å². The molecule has 3 aromatic rings. The van der Waals surface area contributed by atoms with Gasteiger partial charge in [-0.05, 0) is 40.5 Å². The molecular formula is C26H25NO2. The minimum atomic E-state index is -0.141. The maximum Gasteiger partial charge on any atom is 0.162 e. The number of ketones is 1. The Morgan fingerprint density at radius 3 is 2.48 bits per heavy atom. The molecule has 0 saturated carbocycles. The molecule has 5 rings (SSSR count). The van der Waals surface area contributed by atoms with E-state index in [9.17, 15) is 4.79 Å². The van der Waals surface area contributed by atoms with Crippen LogP contribution in [0.2, 0.25) is 0 Å². The number of allylic oxidation sites excluding steroid dienone is 1. The number of Topliss-reactive ketones (excluding diaryl/α,β-unsaturated/α-hetero) is 1. The zero-order valence-corrected chi connectivity index (χ0v) is 17.1. The smallest absolute Gasteiger partial charge is 0.162 e. The van der Waals surface area contributed by atoms with Gasteiger partial charge < -0.3 is 10.1 Å². The van der Waals surface area contributed by atoms with Crippen molar-refractivity contribution in [2.24, 2.45) is 5.41 Å². The Morgan fingerprint density at radius 2 is 1.72 bits per heavy atom. The highest BCUT2D eigenvalue weighted by Crippen LogP contribution is 2.51. The summed E-state index contributed by atoms with van der Waals surface area (Å²) < 4.78 is 5.33. The van der Waals surface area contributed by atoms with E-state index in [0.717, 1.165) is 29.0 Å². The normalized spacial score (nSPS) is 20.1. The van der Waals surface area contributed by atoms with Crippen molar-refractivity contribution in [1.82, 2.24) is 0 Å². The first-order chi connectivity index (χ1) is 14.0. The third-order valence-electron chi connectivity index (χ3n) is 6.20. The van der Waals surface area contributed by atoms with Crippen LogP contribution in [0.5, 0.6) is 5.75 Å². The topological polar surface area (TPSA) is 38.3 Å². The van der Waals surface area contributed by atoms with E-state index in [1.54, 1.807) is 7.11 Å². The van der Waals surface area contributed by atoms with Gasteiger partial charge >= 0.3 is 0 Å². The summed E-state index contributed by atoms with van der Waals surface area (Å²) in [7, 11) is 1.67. The van der Waals surface area contributed by atoms with E-state index in [1.165, 1.54) is 21.9 Å². The molecule has 2 aliphatic rings. The van der Waals surface area contributed by atoms with Gasteiger partial charge in [0.1, 0.15) is 5.75 Å². The van der Waals surface area contributed by atoms with E-state index in [4.69, 9.17) is 4.74 Å². The van der Waals surface area contributed by atoms with Crippen molar-refractivity contribution in [3.8, 4) is 5.75 Å². The number of rotatable bonds is 2. The van der Waals surface area contributed by atoms with Crippen LogP contribution in [0.1, 0.15) is 43.9 Å². The van der Waals surface area contributed by atoms with E-state index in [1.807, 2.05) is 12.1 Å². The average Bonchev–Trinajstić information content (AvgIpc) is 2.72. The summed E-state index contributed by atoms with van der Waals surface area (Å²) in [5.74, 6) is 1.07. The van der Waals surface area contributed by atoms with Gasteiger partial charge in [-0.25, -0.2) is 0 Å². The summed E-state index contributed by atoms with van der Waals surface area (Å²) >= 11 is 0. The number of methoxy groups -OCH3 is 1. The fourth-order valence-electron chi connectivity index (χ4n) is 4.85. The van der Waals surface area contributed by atoms with Gasteiger partial charge in [0, 0.05) is 22.9 Å². The van der Waals surface area contributed by atoms with Gasteiger partial charge in [-0.1, -0.05) is 62.4 Å².